The quantitative estimate of drug-likeness (QED) is 0.889. The predicted octanol–water partition coefficient (Wildman–Crippen LogP) is 3.10. The molecule has 3 rings (SSSR count). The highest BCUT2D eigenvalue weighted by molar-refractivity contribution is 5.40. The van der Waals surface area contributed by atoms with Gasteiger partial charge in [0.1, 0.15) is 6.10 Å². The van der Waals surface area contributed by atoms with Crippen LogP contribution in [-0.2, 0) is 4.74 Å². The first-order chi connectivity index (χ1) is 11.4. The summed E-state index contributed by atoms with van der Waals surface area (Å²) in [5.74, 6) is 0.896. The molecule has 23 heavy (non-hydrogen) atoms. The van der Waals surface area contributed by atoms with Gasteiger partial charge in [0, 0.05) is 13.1 Å². The minimum atomic E-state index is -0.891. The van der Waals surface area contributed by atoms with Crippen LogP contribution in [0.15, 0.2) is 54.6 Å². The molecular formula is C18H20FNO3. The van der Waals surface area contributed by atoms with Gasteiger partial charge in [0.2, 0.25) is 6.86 Å². The first kappa shape index (κ1) is 15.8. The summed E-state index contributed by atoms with van der Waals surface area (Å²) in [5, 5.41) is 3.31. The number of nitrogens with one attached hydrogen (secondary N) is 1. The molecular weight excluding hydrogens is 297 g/mol. The molecule has 0 aromatic heterocycles. The Hall–Kier alpha value is -2.11. The van der Waals surface area contributed by atoms with Crippen LogP contribution in [0.25, 0.3) is 0 Å². The van der Waals surface area contributed by atoms with Crippen LogP contribution < -0.4 is 14.8 Å². The fourth-order valence-electron chi connectivity index (χ4n) is 2.64. The molecule has 1 saturated heterocycles. The van der Waals surface area contributed by atoms with E-state index in [4.69, 9.17) is 14.2 Å². The van der Waals surface area contributed by atoms with E-state index in [1.807, 2.05) is 36.4 Å². The Morgan fingerprint density at radius 3 is 2.52 bits per heavy atom. The molecule has 0 spiro atoms. The van der Waals surface area contributed by atoms with Crippen LogP contribution >= 0.6 is 0 Å². The molecule has 2 aromatic carbocycles. The minimum Gasteiger partial charge on any atom is -0.479 e. The predicted molar refractivity (Wildman–Crippen MR) is 85.5 cm³/mol. The second kappa shape index (κ2) is 7.94. The average molecular weight is 317 g/mol. The second-order valence-corrected chi connectivity index (χ2v) is 5.26. The van der Waals surface area contributed by atoms with E-state index in [1.165, 1.54) is 0 Å². The van der Waals surface area contributed by atoms with Crippen molar-refractivity contribution in [2.45, 2.75) is 12.2 Å². The molecule has 0 amide bonds. The summed E-state index contributed by atoms with van der Waals surface area (Å²) in [4.78, 5) is 0. The molecule has 5 heteroatoms. The van der Waals surface area contributed by atoms with Gasteiger partial charge in [0.25, 0.3) is 0 Å². The number of hydrogen-bond donors (Lipinski definition) is 1. The molecule has 1 fully saturated rings. The number of alkyl halides is 1. The summed E-state index contributed by atoms with van der Waals surface area (Å²) in [6.45, 7) is 1.28. The van der Waals surface area contributed by atoms with E-state index in [-0.39, 0.29) is 12.2 Å². The summed E-state index contributed by atoms with van der Waals surface area (Å²) in [5.41, 5.74) is 1.01. The van der Waals surface area contributed by atoms with Gasteiger partial charge in [-0.3, -0.25) is 0 Å². The molecule has 1 heterocycles. The molecule has 0 bridgehead atoms. The summed E-state index contributed by atoms with van der Waals surface area (Å²) >= 11 is 0. The van der Waals surface area contributed by atoms with Gasteiger partial charge in [-0.2, -0.15) is 0 Å². The van der Waals surface area contributed by atoms with E-state index >= 15 is 0 Å². The van der Waals surface area contributed by atoms with Gasteiger partial charge in [-0.05, 0) is 17.7 Å². The Balaban J connectivity index is 1.86. The standard InChI is InChI=1S/C18H20FNO3/c19-13-22-15-8-4-5-9-16(15)23-18(14-6-2-1-3-7-14)17-12-20-10-11-21-17/h1-9,17-18,20H,10-13H2/t17-,18-/m0/s1. The lowest BCUT2D eigenvalue weighted by Crippen LogP contribution is -2.43. The molecule has 1 N–H and O–H groups in total. The molecule has 122 valence electrons. The summed E-state index contributed by atoms with van der Waals surface area (Å²) in [6, 6.07) is 17.0. The highest BCUT2D eigenvalue weighted by Gasteiger charge is 2.28. The van der Waals surface area contributed by atoms with Crippen LogP contribution in [0.1, 0.15) is 11.7 Å². The van der Waals surface area contributed by atoms with Gasteiger partial charge in [0.15, 0.2) is 17.6 Å². The van der Waals surface area contributed by atoms with Crippen LogP contribution in [0.4, 0.5) is 4.39 Å². The third-order valence-electron chi connectivity index (χ3n) is 3.74. The Kier molecular flexibility index (Phi) is 5.45. The van der Waals surface area contributed by atoms with E-state index in [0.29, 0.717) is 24.7 Å². The molecule has 1 aliphatic heterocycles. The van der Waals surface area contributed by atoms with E-state index in [2.05, 4.69) is 5.32 Å². The Labute approximate surface area is 135 Å². The zero-order valence-electron chi connectivity index (χ0n) is 12.8. The molecule has 2 aromatic rings. The third kappa shape index (κ3) is 4.00. The SMILES string of the molecule is FCOc1ccccc1O[C@@H](c1ccccc1)[C@@H]1CNCCO1. The first-order valence-corrected chi connectivity index (χ1v) is 7.70. The van der Waals surface area contributed by atoms with E-state index in [0.717, 1.165) is 12.1 Å². The van der Waals surface area contributed by atoms with Crippen LogP contribution in [0.3, 0.4) is 0 Å². The van der Waals surface area contributed by atoms with Gasteiger partial charge in [-0.15, -0.1) is 0 Å². The number of rotatable bonds is 6. The fourth-order valence-corrected chi connectivity index (χ4v) is 2.64. The van der Waals surface area contributed by atoms with Gasteiger partial charge in [-0.1, -0.05) is 42.5 Å². The maximum absolute atomic E-state index is 12.6. The van der Waals surface area contributed by atoms with E-state index < -0.39 is 6.86 Å². The van der Waals surface area contributed by atoms with Crippen LogP contribution in [0, 0.1) is 0 Å². The molecule has 4 nitrogen and oxygen atoms in total. The van der Waals surface area contributed by atoms with Crippen molar-refractivity contribution in [3.63, 3.8) is 0 Å². The number of para-hydroxylation sites is 2. The zero-order chi connectivity index (χ0) is 15.9. The van der Waals surface area contributed by atoms with Crippen LogP contribution in [0.5, 0.6) is 11.5 Å². The normalized spacial score (nSPS) is 19.1. The van der Waals surface area contributed by atoms with Crippen molar-refractivity contribution in [1.82, 2.24) is 5.32 Å². The minimum absolute atomic E-state index is 0.121. The Morgan fingerprint density at radius 2 is 1.83 bits per heavy atom. The maximum Gasteiger partial charge on any atom is 0.228 e. The molecule has 2 atom stereocenters. The van der Waals surface area contributed by atoms with Gasteiger partial charge < -0.3 is 19.5 Å². The monoisotopic (exact) mass is 317 g/mol. The van der Waals surface area contributed by atoms with Crippen molar-refractivity contribution in [2.24, 2.45) is 0 Å². The lowest BCUT2D eigenvalue weighted by Gasteiger charge is -2.32. The third-order valence-corrected chi connectivity index (χ3v) is 3.74. The lowest BCUT2D eigenvalue weighted by molar-refractivity contribution is -0.0441. The Bertz CT molecular complexity index is 602. The van der Waals surface area contributed by atoms with Gasteiger partial charge in [-0.25, -0.2) is 4.39 Å². The average Bonchev–Trinajstić information content (AvgIpc) is 2.63. The molecule has 0 unspecified atom stereocenters. The van der Waals surface area contributed by atoms with Crippen molar-refractivity contribution in [3.8, 4) is 11.5 Å². The highest BCUT2D eigenvalue weighted by Crippen LogP contribution is 2.33. The number of hydrogen-bond acceptors (Lipinski definition) is 4. The zero-order valence-corrected chi connectivity index (χ0v) is 12.8. The van der Waals surface area contributed by atoms with Crippen LogP contribution in [0.2, 0.25) is 0 Å². The summed E-state index contributed by atoms with van der Waals surface area (Å²) in [7, 11) is 0. The van der Waals surface area contributed by atoms with Crippen molar-refractivity contribution < 1.29 is 18.6 Å². The molecule has 0 radical (unpaired) electrons. The van der Waals surface area contributed by atoms with Crippen molar-refractivity contribution in [2.75, 3.05) is 26.6 Å². The maximum atomic E-state index is 12.6. The highest BCUT2D eigenvalue weighted by atomic mass is 19.1. The van der Waals surface area contributed by atoms with Crippen molar-refractivity contribution in [1.29, 1.82) is 0 Å². The smallest absolute Gasteiger partial charge is 0.228 e. The van der Waals surface area contributed by atoms with Gasteiger partial charge >= 0.3 is 0 Å². The molecule has 0 aliphatic carbocycles. The Morgan fingerprint density at radius 1 is 1.09 bits per heavy atom. The van der Waals surface area contributed by atoms with E-state index in [1.54, 1.807) is 18.2 Å². The number of morpholine rings is 1. The first-order valence-electron chi connectivity index (χ1n) is 7.70. The molecule has 1 aliphatic rings. The summed E-state index contributed by atoms with van der Waals surface area (Å²) in [6.07, 6.45) is -0.419. The molecule has 0 saturated carbocycles. The van der Waals surface area contributed by atoms with E-state index in [9.17, 15) is 4.39 Å². The fraction of sp³-hybridized carbons (Fsp3) is 0.333. The second-order valence-electron chi connectivity index (χ2n) is 5.26. The lowest BCUT2D eigenvalue weighted by atomic mass is 10.0. The number of benzene rings is 2. The van der Waals surface area contributed by atoms with Gasteiger partial charge in [0.05, 0.1) is 6.61 Å². The van der Waals surface area contributed by atoms with Crippen LogP contribution in [-0.4, -0.2) is 32.7 Å². The number of ether oxygens (including phenoxy) is 3. The summed E-state index contributed by atoms with van der Waals surface area (Å²) < 4.78 is 29.6. The number of halogens is 1. The largest absolute Gasteiger partial charge is 0.479 e. The topological polar surface area (TPSA) is 39.7 Å². The van der Waals surface area contributed by atoms with Crippen molar-refractivity contribution in [3.05, 3.63) is 60.2 Å². The van der Waals surface area contributed by atoms with Crippen molar-refractivity contribution >= 4 is 0 Å².